The van der Waals surface area contributed by atoms with Crippen molar-refractivity contribution in [1.82, 2.24) is 0 Å². The molecule has 0 saturated carbocycles. The standard InChI is InChI=1S/3C2HF3O2.La/c3*3-2(4,5)1(6)7;/h3*(H,6,7);. The molecule has 0 aliphatic heterocycles. The molecule has 3 N–H and O–H groups in total. The van der Waals surface area contributed by atoms with Crippen LogP contribution < -0.4 is 0 Å². The first-order valence-electron chi connectivity index (χ1n) is 3.73. The number of hydrogen-bond acceptors (Lipinski definition) is 3. The first-order chi connectivity index (χ1) is 8.83. The molecule has 129 valence electrons. The molecule has 0 aromatic heterocycles. The second-order valence-electron chi connectivity index (χ2n) is 2.41. The van der Waals surface area contributed by atoms with Gasteiger partial charge in [-0.25, -0.2) is 14.4 Å². The molecular weight excluding hydrogens is 478 g/mol. The minimum atomic E-state index is -5.08. The van der Waals surface area contributed by atoms with Crippen molar-refractivity contribution in [2.24, 2.45) is 0 Å². The Kier molecular flexibility index (Phi) is 14.1. The van der Waals surface area contributed by atoms with Gasteiger partial charge < -0.3 is 15.3 Å². The first-order valence-corrected chi connectivity index (χ1v) is 3.73. The van der Waals surface area contributed by atoms with Crippen LogP contribution in [0.15, 0.2) is 0 Å². The van der Waals surface area contributed by atoms with Crippen LogP contribution >= 0.6 is 0 Å². The number of alkyl halides is 9. The molecule has 0 aromatic rings. The predicted octanol–water partition coefficient (Wildman–Crippen LogP) is 1.90. The van der Waals surface area contributed by atoms with Crippen molar-refractivity contribution in [1.29, 1.82) is 0 Å². The van der Waals surface area contributed by atoms with Crippen LogP contribution in [0.5, 0.6) is 0 Å². The molecule has 0 bridgehead atoms. The van der Waals surface area contributed by atoms with Crippen molar-refractivity contribution in [3.8, 4) is 0 Å². The van der Waals surface area contributed by atoms with Gasteiger partial charge in [-0.05, 0) is 0 Å². The minimum Gasteiger partial charge on any atom is -0.475 e. The maximum Gasteiger partial charge on any atom is 0.490 e. The van der Waals surface area contributed by atoms with E-state index >= 15 is 0 Å². The van der Waals surface area contributed by atoms with E-state index in [0.717, 1.165) is 0 Å². The summed E-state index contributed by atoms with van der Waals surface area (Å²) in [6.45, 7) is 0. The van der Waals surface area contributed by atoms with Gasteiger partial charge in [0.2, 0.25) is 0 Å². The van der Waals surface area contributed by atoms with Gasteiger partial charge in [0.05, 0.1) is 0 Å². The summed E-state index contributed by atoms with van der Waals surface area (Å²) in [7, 11) is 0. The number of carboxylic acids is 3. The Balaban J connectivity index is -0.000000108. The quantitative estimate of drug-likeness (QED) is 0.456. The van der Waals surface area contributed by atoms with Crippen LogP contribution in [-0.4, -0.2) is 51.8 Å². The van der Waals surface area contributed by atoms with E-state index < -0.39 is 36.4 Å². The second-order valence-corrected chi connectivity index (χ2v) is 2.41. The van der Waals surface area contributed by atoms with E-state index in [2.05, 4.69) is 0 Å². The molecule has 0 aromatic carbocycles. The number of hydrogen-bond donors (Lipinski definition) is 3. The molecule has 22 heavy (non-hydrogen) atoms. The second kappa shape index (κ2) is 10.7. The molecule has 0 saturated heterocycles. The monoisotopic (exact) mass is 481 g/mol. The Morgan fingerprint density at radius 1 is 0.500 bits per heavy atom. The summed E-state index contributed by atoms with van der Waals surface area (Å²) in [5.74, 6) is -8.27. The molecule has 16 heteroatoms. The number of carboxylic acid groups (broad SMARTS) is 3. The molecule has 0 amide bonds. The van der Waals surface area contributed by atoms with E-state index in [0.29, 0.717) is 0 Å². The summed E-state index contributed by atoms with van der Waals surface area (Å²) in [6.07, 6.45) is -15.3. The SMILES string of the molecule is O=C(O)C(F)(F)F.O=C(O)C(F)(F)F.O=C(O)C(F)(F)F.[La]. The Labute approximate surface area is 141 Å². The van der Waals surface area contributed by atoms with E-state index in [9.17, 15) is 39.5 Å². The molecular formula is C6H3F9LaO6. The molecule has 0 aliphatic rings. The fraction of sp³-hybridized carbons (Fsp3) is 0.500. The van der Waals surface area contributed by atoms with Gasteiger partial charge in [0.15, 0.2) is 0 Å². The molecule has 0 heterocycles. The largest absolute Gasteiger partial charge is 0.490 e. The maximum absolute atomic E-state index is 10.6. The van der Waals surface area contributed by atoms with Crippen molar-refractivity contribution in [3.05, 3.63) is 0 Å². The molecule has 0 unspecified atom stereocenters. The summed E-state index contributed by atoms with van der Waals surface area (Å²) >= 11 is 0. The molecule has 6 nitrogen and oxygen atoms in total. The van der Waals surface area contributed by atoms with Crippen LogP contribution in [0, 0.1) is 35.6 Å². The number of rotatable bonds is 0. The van der Waals surface area contributed by atoms with Crippen LogP contribution in [0.1, 0.15) is 0 Å². The number of aliphatic carboxylic acids is 3. The first kappa shape index (κ1) is 29.0. The van der Waals surface area contributed by atoms with Gasteiger partial charge in [-0.2, -0.15) is 39.5 Å². The van der Waals surface area contributed by atoms with E-state index in [4.69, 9.17) is 29.7 Å². The van der Waals surface area contributed by atoms with Gasteiger partial charge in [0.25, 0.3) is 0 Å². The van der Waals surface area contributed by atoms with Crippen LogP contribution in [0.25, 0.3) is 0 Å². The fourth-order valence-corrected chi connectivity index (χ4v) is 0. The van der Waals surface area contributed by atoms with E-state index in [1.54, 1.807) is 0 Å². The van der Waals surface area contributed by atoms with Crippen LogP contribution in [0.4, 0.5) is 39.5 Å². The predicted molar refractivity (Wildman–Crippen MR) is 41.1 cm³/mol. The topological polar surface area (TPSA) is 112 Å². The third kappa shape index (κ3) is 21.3. The van der Waals surface area contributed by atoms with Gasteiger partial charge in [0, 0.05) is 35.6 Å². The maximum atomic E-state index is 10.6. The zero-order valence-electron chi connectivity index (χ0n) is 9.55. The Morgan fingerprint density at radius 3 is 0.545 bits per heavy atom. The molecule has 0 rings (SSSR count). The van der Waals surface area contributed by atoms with E-state index in [1.165, 1.54) is 0 Å². The zero-order chi connectivity index (χ0) is 18.2. The smallest absolute Gasteiger partial charge is 0.475 e. The molecule has 0 atom stereocenters. The van der Waals surface area contributed by atoms with Crippen molar-refractivity contribution >= 4 is 17.9 Å². The average molecular weight is 481 g/mol. The van der Waals surface area contributed by atoms with Gasteiger partial charge in [-0.3, -0.25) is 0 Å². The Morgan fingerprint density at radius 2 is 0.545 bits per heavy atom. The normalized spacial score (nSPS) is 10.8. The molecule has 0 aliphatic carbocycles. The molecule has 0 spiro atoms. The number of halogens is 9. The summed E-state index contributed by atoms with van der Waals surface area (Å²) in [6, 6.07) is 0. The van der Waals surface area contributed by atoms with Crippen LogP contribution in [0.3, 0.4) is 0 Å². The summed E-state index contributed by atoms with van der Waals surface area (Å²) in [5.41, 5.74) is 0. The van der Waals surface area contributed by atoms with Gasteiger partial charge >= 0.3 is 36.4 Å². The fourth-order valence-electron chi connectivity index (χ4n) is 0. The van der Waals surface area contributed by atoms with Gasteiger partial charge in [0.1, 0.15) is 0 Å². The van der Waals surface area contributed by atoms with Crippen molar-refractivity contribution < 1.29 is 105 Å². The van der Waals surface area contributed by atoms with E-state index in [-0.39, 0.29) is 35.6 Å². The van der Waals surface area contributed by atoms with Crippen molar-refractivity contribution in [2.45, 2.75) is 18.5 Å². The third-order valence-corrected chi connectivity index (χ3v) is 0.728. The Bertz CT molecular complexity index is 313. The minimum absolute atomic E-state index is 0. The van der Waals surface area contributed by atoms with Gasteiger partial charge in [-0.15, -0.1) is 0 Å². The van der Waals surface area contributed by atoms with E-state index in [1.807, 2.05) is 0 Å². The van der Waals surface area contributed by atoms with Gasteiger partial charge in [-0.1, -0.05) is 0 Å². The number of carbonyl (C=O) groups is 3. The molecule has 1 radical (unpaired) electrons. The van der Waals surface area contributed by atoms with Crippen LogP contribution in [0.2, 0.25) is 0 Å². The summed E-state index contributed by atoms with van der Waals surface area (Å²) in [4.78, 5) is 26.7. The summed E-state index contributed by atoms with van der Waals surface area (Å²) in [5, 5.41) is 21.4. The van der Waals surface area contributed by atoms with Crippen molar-refractivity contribution in [2.75, 3.05) is 0 Å². The van der Waals surface area contributed by atoms with Crippen LogP contribution in [-0.2, 0) is 14.4 Å². The third-order valence-electron chi connectivity index (χ3n) is 0.728. The zero-order valence-corrected chi connectivity index (χ0v) is 13.2. The Hall–Kier alpha value is -1.03. The van der Waals surface area contributed by atoms with Crippen molar-refractivity contribution in [3.63, 3.8) is 0 Å². The molecule has 0 fully saturated rings. The average Bonchev–Trinajstić information content (AvgIpc) is 2.14. The summed E-state index contributed by atoms with van der Waals surface area (Å²) < 4.78 is 95.2.